The van der Waals surface area contributed by atoms with Gasteiger partial charge in [0.25, 0.3) is 5.56 Å². The van der Waals surface area contributed by atoms with Gasteiger partial charge in [0.15, 0.2) is 11.2 Å². The van der Waals surface area contributed by atoms with E-state index in [-0.39, 0.29) is 17.9 Å². The summed E-state index contributed by atoms with van der Waals surface area (Å²) in [6.07, 6.45) is -1.24. The predicted molar refractivity (Wildman–Crippen MR) is 108 cm³/mol. The van der Waals surface area contributed by atoms with Gasteiger partial charge in [-0.15, -0.1) is 13.2 Å². The van der Waals surface area contributed by atoms with Crippen molar-refractivity contribution in [3.63, 3.8) is 0 Å². The van der Waals surface area contributed by atoms with Crippen LogP contribution < -0.4 is 20.9 Å². The monoisotopic (exact) mass is 437 g/mol. The molecule has 0 atom stereocenters. The molecule has 2 aromatic heterocycles. The summed E-state index contributed by atoms with van der Waals surface area (Å²) in [5.74, 6) is -0.229. The molecule has 166 valence electrons. The van der Waals surface area contributed by atoms with E-state index in [9.17, 15) is 22.8 Å². The Morgan fingerprint density at radius 3 is 2.68 bits per heavy atom. The van der Waals surface area contributed by atoms with E-state index in [1.807, 2.05) is 0 Å². The van der Waals surface area contributed by atoms with Gasteiger partial charge >= 0.3 is 12.1 Å². The standard InChI is InChI=1S/C20H22F3N5O3/c1-25-12-24-17-16(25)18(29)28(19(30)26(17)2)10-4-9-27-8-3-5-13-11-14(6-7-15(13)27)31-20(21,22)23/h6-7,11-12H,3-5,8-10H2,1-2H3. The van der Waals surface area contributed by atoms with Crippen LogP contribution in [0.4, 0.5) is 18.9 Å². The number of imidazole rings is 1. The summed E-state index contributed by atoms with van der Waals surface area (Å²) < 4.78 is 45.6. The maximum atomic E-state index is 12.8. The molecule has 0 saturated heterocycles. The predicted octanol–water partition coefficient (Wildman–Crippen LogP) is 2.18. The van der Waals surface area contributed by atoms with Crippen LogP contribution in [0.5, 0.6) is 5.75 Å². The molecule has 1 aliphatic heterocycles. The first-order chi connectivity index (χ1) is 14.7. The van der Waals surface area contributed by atoms with E-state index in [0.717, 1.165) is 24.2 Å². The number of hydrogen-bond acceptors (Lipinski definition) is 5. The number of anilines is 1. The molecular weight excluding hydrogens is 415 g/mol. The van der Waals surface area contributed by atoms with Crippen molar-refractivity contribution in [1.29, 1.82) is 0 Å². The van der Waals surface area contributed by atoms with Crippen LogP contribution in [0.1, 0.15) is 18.4 Å². The number of ether oxygens (including phenoxy) is 1. The Hall–Kier alpha value is -3.24. The van der Waals surface area contributed by atoms with Crippen molar-refractivity contribution in [3.05, 3.63) is 50.9 Å². The quantitative estimate of drug-likeness (QED) is 0.612. The lowest BCUT2D eigenvalue weighted by atomic mass is 10.0. The summed E-state index contributed by atoms with van der Waals surface area (Å²) in [6.45, 7) is 1.54. The smallest absolute Gasteiger partial charge is 0.406 e. The van der Waals surface area contributed by atoms with Crippen LogP contribution in [0.15, 0.2) is 34.1 Å². The third-order valence-corrected chi connectivity index (χ3v) is 5.51. The first kappa shape index (κ1) is 21.0. The topological polar surface area (TPSA) is 74.3 Å². The van der Waals surface area contributed by atoms with Crippen LogP contribution in [0.25, 0.3) is 11.2 Å². The van der Waals surface area contributed by atoms with Gasteiger partial charge in [-0.1, -0.05) is 0 Å². The van der Waals surface area contributed by atoms with Gasteiger partial charge < -0.3 is 14.2 Å². The van der Waals surface area contributed by atoms with Gasteiger partial charge in [0, 0.05) is 39.4 Å². The largest absolute Gasteiger partial charge is 0.573 e. The highest BCUT2D eigenvalue weighted by Gasteiger charge is 2.31. The Morgan fingerprint density at radius 2 is 1.94 bits per heavy atom. The molecule has 3 aromatic rings. The van der Waals surface area contributed by atoms with Gasteiger partial charge in [0.05, 0.1) is 6.33 Å². The van der Waals surface area contributed by atoms with Crippen molar-refractivity contribution in [2.75, 3.05) is 18.0 Å². The second kappa shape index (κ2) is 7.78. The molecule has 1 aliphatic rings. The van der Waals surface area contributed by atoms with Crippen LogP contribution in [-0.4, -0.2) is 38.1 Å². The maximum Gasteiger partial charge on any atom is 0.573 e. The Balaban J connectivity index is 1.51. The van der Waals surface area contributed by atoms with Crippen molar-refractivity contribution < 1.29 is 17.9 Å². The minimum absolute atomic E-state index is 0.229. The van der Waals surface area contributed by atoms with Crippen LogP contribution >= 0.6 is 0 Å². The van der Waals surface area contributed by atoms with E-state index in [2.05, 4.69) is 14.6 Å². The van der Waals surface area contributed by atoms with Gasteiger partial charge in [-0.2, -0.15) is 0 Å². The third kappa shape index (κ3) is 4.04. The Labute approximate surface area is 175 Å². The molecule has 0 bridgehead atoms. The summed E-state index contributed by atoms with van der Waals surface area (Å²) in [6, 6.07) is 4.36. The van der Waals surface area contributed by atoms with Gasteiger partial charge in [-0.3, -0.25) is 13.9 Å². The van der Waals surface area contributed by atoms with E-state index in [1.165, 1.54) is 27.6 Å². The molecule has 1 aromatic carbocycles. The number of nitrogens with zero attached hydrogens (tertiary/aromatic N) is 5. The summed E-state index contributed by atoms with van der Waals surface area (Å²) >= 11 is 0. The fourth-order valence-electron chi connectivity index (χ4n) is 4.09. The van der Waals surface area contributed by atoms with Crippen LogP contribution in [0.3, 0.4) is 0 Å². The first-order valence-corrected chi connectivity index (χ1v) is 9.90. The number of aromatic nitrogens is 4. The van der Waals surface area contributed by atoms with Gasteiger partial charge in [0.2, 0.25) is 0 Å². The number of alkyl halides is 3. The molecular formula is C20H22F3N5O3. The lowest BCUT2D eigenvalue weighted by Gasteiger charge is -2.31. The average Bonchev–Trinajstić information content (AvgIpc) is 3.09. The maximum absolute atomic E-state index is 12.8. The minimum Gasteiger partial charge on any atom is -0.406 e. The van der Waals surface area contributed by atoms with E-state index < -0.39 is 12.1 Å². The van der Waals surface area contributed by atoms with E-state index in [4.69, 9.17) is 0 Å². The molecule has 0 fully saturated rings. The second-order valence-corrected chi connectivity index (χ2v) is 7.61. The number of rotatable bonds is 5. The van der Waals surface area contributed by atoms with Gasteiger partial charge in [-0.25, -0.2) is 9.78 Å². The Bertz CT molecular complexity index is 1240. The van der Waals surface area contributed by atoms with E-state index in [0.29, 0.717) is 30.6 Å². The molecule has 0 saturated carbocycles. The Morgan fingerprint density at radius 1 is 1.16 bits per heavy atom. The molecule has 8 nitrogen and oxygen atoms in total. The zero-order valence-corrected chi connectivity index (χ0v) is 17.1. The molecule has 0 radical (unpaired) electrons. The van der Waals surface area contributed by atoms with E-state index in [1.54, 1.807) is 24.7 Å². The number of benzene rings is 1. The molecule has 4 rings (SSSR count). The summed E-state index contributed by atoms with van der Waals surface area (Å²) in [7, 11) is 3.28. The van der Waals surface area contributed by atoms with Gasteiger partial charge in [-0.05, 0) is 43.0 Å². The molecule has 0 unspecified atom stereocenters. The van der Waals surface area contributed by atoms with Crippen molar-refractivity contribution in [3.8, 4) is 5.75 Å². The third-order valence-electron chi connectivity index (χ3n) is 5.51. The van der Waals surface area contributed by atoms with Crippen molar-refractivity contribution in [2.45, 2.75) is 32.2 Å². The lowest BCUT2D eigenvalue weighted by molar-refractivity contribution is -0.274. The van der Waals surface area contributed by atoms with E-state index >= 15 is 0 Å². The fraction of sp³-hybridized carbons (Fsp3) is 0.450. The molecule has 0 aliphatic carbocycles. The van der Waals surface area contributed by atoms with Crippen LogP contribution in [0.2, 0.25) is 0 Å². The zero-order valence-electron chi connectivity index (χ0n) is 17.1. The zero-order chi connectivity index (χ0) is 22.3. The number of aryl methyl sites for hydroxylation is 3. The second-order valence-electron chi connectivity index (χ2n) is 7.61. The number of halogens is 3. The van der Waals surface area contributed by atoms with Crippen molar-refractivity contribution in [2.24, 2.45) is 14.1 Å². The Kier molecular flexibility index (Phi) is 5.28. The molecule has 0 amide bonds. The molecule has 31 heavy (non-hydrogen) atoms. The molecule has 3 heterocycles. The van der Waals surface area contributed by atoms with Crippen LogP contribution in [0, 0.1) is 0 Å². The summed E-state index contributed by atoms with van der Waals surface area (Å²) in [5, 5.41) is 0. The normalized spacial score (nSPS) is 14.2. The van der Waals surface area contributed by atoms with Crippen LogP contribution in [-0.2, 0) is 27.1 Å². The number of fused-ring (bicyclic) bond motifs is 2. The number of hydrogen-bond donors (Lipinski definition) is 0. The minimum atomic E-state index is -4.73. The average molecular weight is 437 g/mol. The highest BCUT2D eigenvalue weighted by atomic mass is 19.4. The highest BCUT2D eigenvalue weighted by Crippen LogP contribution is 2.32. The first-order valence-electron chi connectivity index (χ1n) is 9.90. The molecule has 0 spiro atoms. The SMILES string of the molecule is Cn1cnc2c1c(=O)n(CCCN1CCCc3cc(OC(F)(F)F)ccc31)c(=O)n2C. The lowest BCUT2D eigenvalue weighted by Crippen LogP contribution is -2.40. The summed E-state index contributed by atoms with van der Waals surface area (Å²) in [5.41, 5.74) is 1.54. The van der Waals surface area contributed by atoms with Crippen molar-refractivity contribution >= 4 is 16.9 Å². The summed E-state index contributed by atoms with van der Waals surface area (Å²) in [4.78, 5) is 31.6. The highest BCUT2D eigenvalue weighted by molar-refractivity contribution is 5.69. The fourth-order valence-corrected chi connectivity index (χ4v) is 4.09. The van der Waals surface area contributed by atoms with Crippen molar-refractivity contribution in [1.82, 2.24) is 18.7 Å². The van der Waals surface area contributed by atoms with Gasteiger partial charge in [0.1, 0.15) is 5.75 Å². The molecule has 11 heteroatoms. The molecule has 0 N–H and O–H groups in total.